The Kier molecular flexibility index (Phi) is 4.47. The summed E-state index contributed by atoms with van der Waals surface area (Å²) in [7, 11) is 0. The summed E-state index contributed by atoms with van der Waals surface area (Å²) in [4.78, 5) is 16.7. The summed E-state index contributed by atoms with van der Waals surface area (Å²) in [5, 5.41) is 13.1. The van der Waals surface area contributed by atoms with Gasteiger partial charge >= 0.3 is 5.97 Å². The number of hydrogen-bond donors (Lipinski definition) is 1. The Labute approximate surface area is 153 Å². The lowest BCUT2D eigenvalue weighted by Gasteiger charge is -2.22. The maximum Gasteiger partial charge on any atom is 0.335 e. The molecule has 0 radical (unpaired) electrons. The molecule has 0 aromatic heterocycles. The number of carboxylic acids is 1. The van der Waals surface area contributed by atoms with Gasteiger partial charge in [-0.3, -0.25) is 0 Å². The molecule has 0 amide bonds. The zero-order chi connectivity index (χ0) is 18.4. The molecule has 2 aromatic carbocycles. The molecule has 1 unspecified atom stereocenters. The minimum absolute atomic E-state index is 0.0811. The van der Waals surface area contributed by atoms with Crippen molar-refractivity contribution in [3.8, 4) is 0 Å². The van der Waals surface area contributed by atoms with Gasteiger partial charge in [-0.15, -0.1) is 0 Å². The maximum atomic E-state index is 13.6. The van der Waals surface area contributed by atoms with Crippen LogP contribution in [0.5, 0.6) is 0 Å². The molecule has 3 rings (SSSR count). The van der Waals surface area contributed by atoms with E-state index in [0.717, 1.165) is 5.56 Å². The molecule has 1 atom stereocenters. The summed E-state index contributed by atoms with van der Waals surface area (Å²) in [6.45, 7) is 3.53. The fraction of sp³-hybridized carbons (Fsp3) is 0.222. The molecule has 0 saturated heterocycles. The predicted molar refractivity (Wildman–Crippen MR) is 94.1 cm³/mol. The van der Waals surface area contributed by atoms with Crippen LogP contribution in [0.3, 0.4) is 0 Å². The van der Waals surface area contributed by atoms with E-state index in [1.54, 1.807) is 19.1 Å². The Hall–Kier alpha value is -2.11. The van der Waals surface area contributed by atoms with Gasteiger partial charge in [0.25, 0.3) is 0 Å². The highest BCUT2D eigenvalue weighted by Gasteiger charge is 2.37. The quantitative estimate of drug-likeness (QED) is 0.745. The average molecular weight is 382 g/mol. The summed E-state index contributed by atoms with van der Waals surface area (Å²) in [6, 6.07) is 7.92. The zero-order valence-corrected chi connectivity index (χ0v) is 15.0. The van der Waals surface area contributed by atoms with Gasteiger partial charge in [-0.25, -0.2) is 9.18 Å². The highest BCUT2D eigenvalue weighted by Crippen LogP contribution is 2.39. The van der Waals surface area contributed by atoms with Crippen LogP contribution in [0.4, 0.5) is 4.39 Å². The number of aryl methyl sites for hydroxylation is 1. The van der Waals surface area contributed by atoms with Crippen molar-refractivity contribution in [2.45, 2.75) is 25.9 Å². The van der Waals surface area contributed by atoms with Gasteiger partial charge < -0.3 is 9.94 Å². The van der Waals surface area contributed by atoms with Gasteiger partial charge in [-0.05, 0) is 49.2 Å². The molecule has 130 valence electrons. The molecule has 0 fully saturated rings. The minimum atomic E-state index is -0.978. The normalized spacial score (nSPS) is 19.5. The second kappa shape index (κ2) is 6.32. The summed E-state index contributed by atoms with van der Waals surface area (Å²) in [5.74, 6) is -1.65. The van der Waals surface area contributed by atoms with Gasteiger partial charge in [0.15, 0.2) is 11.4 Å². The van der Waals surface area contributed by atoms with Gasteiger partial charge in [0.2, 0.25) is 0 Å². The van der Waals surface area contributed by atoms with E-state index in [9.17, 15) is 9.18 Å². The number of carboxylic acid groups (broad SMARTS) is 1. The van der Waals surface area contributed by atoms with Crippen molar-refractivity contribution in [2.75, 3.05) is 0 Å². The van der Waals surface area contributed by atoms with Crippen molar-refractivity contribution in [3.05, 3.63) is 68.4 Å². The van der Waals surface area contributed by atoms with Crippen LogP contribution < -0.4 is 0 Å². The Morgan fingerprint density at radius 2 is 1.92 bits per heavy atom. The second-order valence-corrected chi connectivity index (χ2v) is 6.94. The largest absolute Gasteiger partial charge is 0.478 e. The molecule has 0 saturated carbocycles. The Morgan fingerprint density at radius 3 is 2.48 bits per heavy atom. The highest BCUT2D eigenvalue weighted by molar-refractivity contribution is 6.35. The van der Waals surface area contributed by atoms with Gasteiger partial charge in [0, 0.05) is 12.0 Å². The van der Waals surface area contributed by atoms with Crippen LogP contribution in [-0.2, 0) is 10.4 Å². The number of carbonyl (C=O) groups is 1. The lowest BCUT2D eigenvalue weighted by molar-refractivity contribution is -0.00742. The Balaban J connectivity index is 1.90. The van der Waals surface area contributed by atoms with Gasteiger partial charge in [-0.1, -0.05) is 34.4 Å². The first-order chi connectivity index (χ1) is 11.7. The van der Waals surface area contributed by atoms with E-state index in [4.69, 9.17) is 33.1 Å². The van der Waals surface area contributed by atoms with Crippen LogP contribution in [-0.4, -0.2) is 16.8 Å². The molecule has 2 aromatic rings. The van der Waals surface area contributed by atoms with Crippen LogP contribution >= 0.6 is 23.2 Å². The highest BCUT2D eigenvalue weighted by atomic mass is 35.5. The molecular weight excluding hydrogens is 368 g/mol. The first-order valence-electron chi connectivity index (χ1n) is 7.45. The first-order valence-corrected chi connectivity index (χ1v) is 8.21. The van der Waals surface area contributed by atoms with Gasteiger partial charge in [0.05, 0.1) is 21.3 Å². The third kappa shape index (κ3) is 3.22. The fourth-order valence-corrected chi connectivity index (χ4v) is 3.28. The monoisotopic (exact) mass is 381 g/mol. The fourth-order valence-electron chi connectivity index (χ4n) is 2.79. The molecule has 7 heteroatoms. The van der Waals surface area contributed by atoms with Gasteiger partial charge in [-0.2, -0.15) is 0 Å². The van der Waals surface area contributed by atoms with Crippen molar-refractivity contribution < 1.29 is 19.1 Å². The third-order valence-corrected chi connectivity index (χ3v) is 4.80. The van der Waals surface area contributed by atoms with Crippen LogP contribution in [0.2, 0.25) is 10.0 Å². The third-order valence-electron chi connectivity index (χ3n) is 4.25. The molecule has 0 bridgehead atoms. The number of halogens is 3. The summed E-state index contributed by atoms with van der Waals surface area (Å²) >= 11 is 11.7. The molecule has 1 heterocycles. The number of rotatable bonds is 3. The van der Waals surface area contributed by atoms with Crippen molar-refractivity contribution >= 4 is 34.9 Å². The standard InChI is InChI=1S/C18H14Cl2FNO3/c1-9-5-10(3-4-12(9)17(23)24)15-8-18(2,25-22-15)11-6-13(19)16(21)14(20)7-11/h3-7H,8H2,1-2H3,(H,23,24). The Bertz CT molecular complexity index is 890. The molecule has 1 aliphatic rings. The molecule has 1 N–H and O–H groups in total. The Morgan fingerprint density at radius 1 is 1.28 bits per heavy atom. The zero-order valence-electron chi connectivity index (χ0n) is 13.4. The lowest BCUT2D eigenvalue weighted by atomic mass is 9.88. The SMILES string of the molecule is Cc1cc(C2=NOC(C)(c3cc(Cl)c(F)c(Cl)c3)C2)ccc1C(=O)O. The van der Waals surface area contributed by atoms with E-state index in [-0.39, 0.29) is 15.6 Å². The maximum absolute atomic E-state index is 13.6. The van der Waals surface area contributed by atoms with Crippen molar-refractivity contribution in [2.24, 2.45) is 5.16 Å². The molecular formula is C18H14Cl2FNO3. The minimum Gasteiger partial charge on any atom is -0.478 e. The summed E-state index contributed by atoms with van der Waals surface area (Å²) in [5.41, 5.74) is 2.08. The predicted octanol–water partition coefficient (Wildman–Crippen LogP) is 5.18. The van der Waals surface area contributed by atoms with E-state index in [0.29, 0.717) is 23.3 Å². The van der Waals surface area contributed by atoms with Crippen LogP contribution in [0.15, 0.2) is 35.5 Å². The number of nitrogens with zero attached hydrogens (tertiary/aromatic N) is 1. The van der Waals surface area contributed by atoms with Crippen LogP contribution in [0, 0.1) is 12.7 Å². The topological polar surface area (TPSA) is 58.9 Å². The molecule has 1 aliphatic heterocycles. The van der Waals surface area contributed by atoms with Crippen molar-refractivity contribution in [3.63, 3.8) is 0 Å². The first kappa shape index (κ1) is 17.7. The van der Waals surface area contributed by atoms with Crippen molar-refractivity contribution in [1.82, 2.24) is 0 Å². The summed E-state index contributed by atoms with van der Waals surface area (Å²) in [6.07, 6.45) is 0.414. The van der Waals surface area contributed by atoms with Gasteiger partial charge in [0.1, 0.15) is 0 Å². The molecule has 0 aliphatic carbocycles. The number of hydrogen-bond acceptors (Lipinski definition) is 3. The van der Waals surface area contributed by atoms with E-state index in [2.05, 4.69) is 5.16 Å². The van der Waals surface area contributed by atoms with Crippen molar-refractivity contribution in [1.29, 1.82) is 0 Å². The molecule has 4 nitrogen and oxygen atoms in total. The average Bonchev–Trinajstić information content (AvgIpc) is 2.95. The molecule has 25 heavy (non-hydrogen) atoms. The molecule has 0 spiro atoms. The van der Waals surface area contributed by atoms with E-state index >= 15 is 0 Å². The smallest absolute Gasteiger partial charge is 0.335 e. The van der Waals surface area contributed by atoms with Crippen LogP contribution in [0.25, 0.3) is 0 Å². The van der Waals surface area contributed by atoms with E-state index in [1.807, 2.05) is 6.92 Å². The van der Waals surface area contributed by atoms with E-state index in [1.165, 1.54) is 18.2 Å². The number of benzene rings is 2. The van der Waals surface area contributed by atoms with E-state index < -0.39 is 17.4 Å². The number of aromatic carboxylic acids is 1. The lowest BCUT2D eigenvalue weighted by Crippen LogP contribution is -2.22. The van der Waals surface area contributed by atoms with Crippen LogP contribution in [0.1, 0.15) is 40.4 Å². The second-order valence-electron chi connectivity index (χ2n) is 6.13. The number of oxime groups is 1. The summed E-state index contributed by atoms with van der Waals surface area (Å²) < 4.78 is 13.6.